The van der Waals surface area contributed by atoms with Gasteiger partial charge in [0.2, 0.25) is 0 Å². The van der Waals surface area contributed by atoms with Crippen LogP contribution in [0.3, 0.4) is 0 Å². The van der Waals surface area contributed by atoms with Crippen LogP contribution in [0.2, 0.25) is 0 Å². The fourth-order valence-corrected chi connectivity index (χ4v) is 7.92. The second-order valence-electron chi connectivity index (χ2n) is 8.05. The molecule has 3 heterocycles. The molecule has 2 aromatic rings. The minimum atomic E-state index is -3.76. The Hall–Kier alpha value is -2.01. The maximum atomic E-state index is 13.7. The van der Waals surface area contributed by atoms with Crippen molar-refractivity contribution in [2.45, 2.75) is 43.0 Å². The van der Waals surface area contributed by atoms with E-state index in [9.17, 15) is 17.6 Å². The lowest BCUT2D eigenvalue weighted by Crippen LogP contribution is -2.36. The van der Waals surface area contributed by atoms with Crippen LogP contribution in [0.25, 0.3) is 0 Å². The molecule has 10 heteroatoms. The van der Waals surface area contributed by atoms with Gasteiger partial charge in [0.05, 0.1) is 19.8 Å². The highest BCUT2D eigenvalue weighted by molar-refractivity contribution is 7.91. The summed E-state index contributed by atoms with van der Waals surface area (Å²) in [6.07, 6.45) is 3.21. The Labute approximate surface area is 191 Å². The van der Waals surface area contributed by atoms with Crippen LogP contribution in [0.1, 0.15) is 45.6 Å². The summed E-state index contributed by atoms with van der Waals surface area (Å²) in [6.45, 7) is 2.68. The highest BCUT2D eigenvalue weighted by Crippen LogP contribution is 2.39. The van der Waals surface area contributed by atoms with E-state index in [0.29, 0.717) is 39.1 Å². The van der Waals surface area contributed by atoms with E-state index in [4.69, 9.17) is 9.47 Å². The number of rotatable bonds is 6. The van der Waals surface area contributed by atoms with Crippen LogP contribution in [-0.2, 0) is 34.3 Å². The molecular formula is C22H27FN2O5S2. The number of hydrogen-bond donors (Lipinski definition) is 0. The summed E-state index contributed by atoms with van der Waals surface area (Å²) in [5.41, 5.74) is 1.86. The number of ether oxygens (including phenoxy) is 2. The number of fused-ring (bicyclic) bond motifs is 1. The zero-order valence-corrected chi connectivity index (χ0v) is 19.9. The smallest absolute Gasteiger partial charge is 0.340 e. The van der Waals surface area contributed by atoms with Crippen LogP contribution in [0.4, 0.5) is 4.39 Å². The Bertz CT molecular complexity index is 1110. The number of carbonyl (C=O) groups is 1. The SMILES string of the molecule is COC(=O)c1c(S(=O)(=O)N2CCCCC2)sc2c1CCN(Cc1ccc(F)c(OC)c1)C2. The molecule has 0 spiro atoms. The zero-order chi connectivity index (χ0) is 22.9. The van der Waals surface area contributed by atoms with Crippen LogP contribution in [0.15, 0.2) is 22.4 Å². The number of carbonyl (C=O) groups excluding carboxylic acids is 1. The summed E-state index contributed by atoms with van der Waals surface area (Å²) in [5.74, 6) is -0.820. The van der Waals surface area contributed by atoms with Gasteiger partial charge in [-0.05, 0) is 42.5 Å². The first-order valence-corrected chi connectivity index (χ1v) is 12.9. The van der Waals surface area contributed by atoms with Gasteiger partial charge in [0.1, 0.15) is 4.21 Å². The molecule has 7 nitrogen and oxygen atoms in total. The van der Waals surface area contributed by atoms with E-state index < -0.39 is 21.8 Å². The van der Waals surface area contributed by atoms with E-state index in [0.717, 1.165) is 35.3 Å². The molecule has 2 aliphatic rings. The highest BCUT2D eigenvalue weighted by Gasteiger charge is 2.37. The van der Waals surface area contributed by atoms with Crippen molar-refractivity contribution in [1.29, 1.82) is 0 Å². The number of thiophene rings is 1. The maximum absolute atomic E-state index is 13.7. The van der Waals surface area contributed by atoms with Gasteiger partial charge in [-0.3, -0.25) is 4.90 Å². The molecule has 174 valence electrons. The Kier molecular flexibility index (Phi) is 6.85. The molecule has 1 aromatic carbocycles. The van der Waals surface area contributed by atoms with E-state index in [1.165, 1.54) is 35.9 Å². The third-order valence-corrected chi connectivity index (χ3v) is 9.62. The molecule has 0 aliphatic carbocycles. The van der Waals surface area contributed by atoms with E-state index in [1.807, 2.05) is 0 Å². The number of piperidine rings is 1. The summed E-state index contributed by atoms with van der Waals surface area (Å²) in [7, 11) is -1.05. The van der Waals surface area contributed by atoms with Gasteiger partial charge in [-0.1, -0.05) is 12.5 Å². The van der Waals surface area contributed by atoms with E-state index in [-0.39, 0.29) is 15.5 Å². The molecule has 0 saturated carbocycles. The standard InChI is InChI=1S/C22H27FN2O5S2/c1-29-18-12-15(6-7-17(18)23)13-24-11-8-16-19(14-24)31-22(20(16)21(26)30-2)32(27,28)25-9-4-3-5-10-25/h6-7,12H,3-5,8-11,13-14H2,1-2H3. The summed E-state index contributed by atoms with van der Waals surface area (Å²) in [4.78, 5) is 15.6. The van der Waals surface area contributed by atoms with Gasteiger partial charge in [0.15, 0.2) is 11.6 Å². The van der Waals surface area contributed by atoms with Crippen LogP contribution >= 0.6 is 11.3 Å². The maximum Gasteiger partial charge on any atom is 0.340 e. The van der Waals surface area contributed by atoms with Gasteiger partial charge < -0.3 is 9.47 Å². The summed E-state index contributed by atoms with van der Waals surface area (Å²) in [6, 6.07) is 4.77. The van der Waals surface area contributed by atoms with Gasteiger partial charge in [0.25, 0.3) is 10.0 Å². The third kappa shape index (κ3) is 4.41. The van der Waals surface area contributed by atoms with Gasteiger partial charge >= 0.3 is 5.97 Å². The summed E-state index contributed by atoms with van der Waals surface area (Å²) >= 11 is 1.17. The number of hydrogen-bond acceptors (Lipinski definition) is 7. The van der Waals surface area contributed by atoms with Crippen LogP contribution < -0.4 is 4.74 Å². The van der Waals surface area contributed by atoms with Crippen LogP contribution in [0.5, 0.6) is 5.75 Å². The van der Waals surface area contributed by atoms with Gasteiger partial charge in [-0.15, -0.1) is 11.3 Å². The normalized spacial score (nSPS) is 17.7. The van der Waals surface area contributed by atoms with Crippen molar-refractivity contribution < 1.29 is 27.1 Å². The van der Waals surface area contributed by atoms with Crippen LogP contribution in [-0.4, -0.2) is 57.4 Å². The zero-order valence-electron chi connectivity index (χ0n) is 18.2. The second-order valence-corrected chi connectivity index (χ2v) is 11.3. The Balaban J connectivity index is 1.63. The van der Waals surface area contributed by atoms with Crippen molar-refractivity contribution >= 4 is 27.3 Å². The molecule has 0 N–H and O–H groups in total. The minimum absolute atomic E-state index is 0.0987. The lowest BCUT2D eigenvalue weighted by molar-refractivity contribution is 0.0595. The first-order chi connectivity index (χ1) is 15.3. The number of sulfonamides is 1. The largest absolute Gasteiger partial charge is 0.494 e. The monoisotopic (exact) mass is 482 g/mol. The third-order valence-electron chi connectivity index (χ3n) is 6.00. The minimum Gasteiger partial charge on any atom is -0.494 e. The molecule has 0 bridgehead atoms. The summed E-state index contributed by atoms with van der Waals surface area (Å²) < 4.78 is 52.1. The van der Waals surface area contributed by atoms with Crippen molar-refractivity contribution in [3.8, 4) is 5.75 Å². The van der Waals surface area contributed by atoms with Crippen molar-refractivity contribution in [3.63, 3.8) is 0 Å². The van der Waals surface area contributed by atoms with E-state index >= 15 is 0 Å². The molecule has 0 unspecified atom stereocenters. The van der Waals surface area contributed by atoms with Crippen molar-refractivity contribution in [1.82, 2.24) is 9.21 Å². The molecule has 0 amide bonds. The number of halogens is 1. The van der Waals surface area contributed by atoms with Gasteiger partial charge in [-0.2, -0.15) is 4.31 Å². The number of benzene rings is 1. The predicted octanol–water partition coefficient (Wildman–Crippen LogP) is 3.42. The first kappa shape index (κ1) is 23.2. The lowest BCUT2D eigenvalue weighted by Gasteiger charge is -2.27. The number of nitrogens with zero attached hydrogens (tertiary/aromatic N) is 2. The average Bonchev–Trinajstić information content (AvgIpc) is 3.20. The van der Waals surface area contributed by atoms with Crippen molar-refractivity contribution in [2.75, 3.05) is 33.9 Å². The molecule has 2 aliphatic heterocycles. The Morgan fingerprint density at radius 1 is 1.16 bits per heavy atom. The lowest BCUT2D eigenvalue weighted by atomic mass is 10.0. The van der Waals surface area contributed by atoms with Crippen molar-refractivity contribution in [2.24, 2.45) is 0 Å². The highest BCUT2D eigenvalue weighted by atomic mass is 32.2. The summed E-state index contributed by atoms with van der Waals surface area (Å²) in [5, 5.41) is 0. The first-order valence-electron chi connectivity index (χ1n) is 10.6. The molecule has 1 saturated heterocycles. The quantitative estimate of drug-likeness (QED) is 0.588. The Morgan fingerprint density at radius 3 is 2.59 bits per heavy atom. The number of esters is 1. The average molecular weight is 483 g/mol. The molecule has 4 rings (SSSR count). The van der Waals surface area contributed by atoms with Gasteiger partial charge in [-0.25, -0.2) is 17.6 Å². The molecule has 0 atom stereocenters. The second kappa shape index (κ2) is 9.46. The molecule has 32 heavy (non-hydrogen) atoms. The van der Waals surface area contributed by atoms with Crippen molar-refractivity contribution in [3.05, 3.63) is 45.6 Å². The fourth-order valence-electron chi connectivity index (χ4n) is 4.34. The van der Waals surface area contributed by atoms with Crippen LogP contribution in [0, 0.1) is 5.82 Å². The Morgan fingerprint density at radius 2 is 1.91 bits per heavy atom. The predicted molar refractivity (Wildman–Crippen MR) is 119 cm³/mol. The van der Waals surface area contributed by atoms with E-state index in [2.05, 4.69) is 4.90 Å². The fraction of sp³-hybridized carbons (Fsp3) is 0.500. The topological polar surface area (TPSA) is 76.2 Å². The molecule has 0 radical (unpaired) electrons. The number of methoxy groups -OCH3 is 2. The van der Waals surface area contributed by atoms with E-state index in [1.54, 1.807) is 12.1 Å². The molecule has 1 fully saturated rings. The molecular weight excluding hydrogens is 455 g/mol. The van der Waals surface area contributed by atoms with Gasteiger partial charge in [0, 0.05) is 37.6 Å². The molecule has 1 aromatic heterocycles.